The van der Waals surface area contributed by atoms with Gasteiger partial charge in [-0.15, -0.1) is 0 Å². The third kappa shape index (κ3) is 2.91. The third-order valence-electron chi connectivity index (χ3n) is 4.19. The van der Waals surface area contributed by atoms with Crippen LogP contribution in [-0.2, 0) is 18.9 Å². The zero-order valence-electron chi connectivity index (χ0n) is 13.8. The van der Waals surface area contributed by atoms with Crippen molar-refractivity contribution in [1.82, 2.24) is 14.5 Å². The monoisotopic (exact) mass is 339 g/mol. The molecule has 3 rings (SSSR count). The maximum atomic E-state index is 12.3. The standard InChI is InChI=1S/C18H17N3O4/c1-20-13-9-8-12(10-14(13)21(2)18(20)25)15(17(23)24)19-16(22)11-6-4-3-5-7-11/h3-10,15H,1-2H3,(H,19,22)(H,23,24)/t15-/m1/s1. The highest BCUT2D eigenvalue weighted by atomic mass is 16.4. The van der Waals surface area contributed by atoms with Crippen LogP contribution in [-0.4, -0.2) is 26.1 Å². The molecule has 1 amide bonds. The normalized spacial score (nSPS) is 12.1. The number of nitrogens with one attached hydrogen (secondary N) is 1. The number of imidazole rings is 1. The second-order valence-corrected chi connectivity index (χ2v) is 5.76. The van der Waals surface area contributed by atoms with Crippen molar-refractivity contribution in [2.45, 2.75) is 6.04 Å². The maximum absolute atomic E-state index is 12.3. The molecule has 2 aromatic carbocycles. The Bertz CT molecular complexity index is 1020. The number of hydrogen-bond acceptors (Lipinski definition) is 3. The first kappa shape index (κ1) is 16.5. The number of fused-ring (bicyclic) bond motifs is 1. The SMILES string of the molecule is Cn1c(=O)n(C)c2cc([C@@H](NC(=O)c3ccccc3)C(=O)O)ccc21. The number of aliphatic carboxylic acids is 1. The summed E-state index contributed by atoms with van der Waals surface area (Å²) in [6, 6.07) is 12.1. The number of aromatic nitrogens is 2. The number of nitrogens with zero attached hydrogens (tertiary/aromatic N) is 2. The van der Waals surface area contributed by atoms with Crippen LogP contribution in [0, 0.1) is 0 Å². The van der Waals surface area contributed by atoms with Crippen molar-refractivity contribution >= 4 is 22.9 Å². The minimum Gasteiger partial charge on any atom is -0.479 e. The van der Waals surface area contributed by atoms with Gasteiger partial charge in [-0.2, -0.15) is 0 Å². The van der Waals surface area contributed by atoms with Gasteiger partial charge in [-0.25, -0.2) is 9.59 Å². The van der Waals surface area contributed by atoms with Crippen molar-refractivity contribution in [1.29, 1.82) is 0 Å². The first-order valence-corrected chi connectivity index (χ1v) is 7.64. The number of rotatable bonds is 4. The number of amides is 1. The van der Waals surface area contributed by atoms with Gasteiger partial charge in [0.15, 0.2) is 6.04 Å². The summed E-state index contributed by atoms with van der Waals surface area (Å²) in [5.74, 6) is -1.65. The van der Waals surface area contributed by atoms with Crippen LogP contribution in [0.5, 0.6) is 0 Å². The molecule has 0 aliphatic carbocycles. The van der Waals surface area contributed by atoms with Crippen molar-refractivity contribution in [3.63, 3.8) is 0 Å². The molecule has 0 radical (unpaired) electrons. The Labute approximate surface area is 143 Å². The van der Waals surface area contributed by atoms with Gasteiger partial charge in [0.25, 0.3) is 5.91 Å². The molecule has 1 atom stereocenters. The summed E-state index contributed by atoms with van der Waals surface area (Å²) in [5.41, 5.74) is 1.86. The molecule has 0 saturated heterocycles. The lowest BCUT2D eigenvalue weighted by atomic mass is 10.1. The zero-order chi connectivity index (χ0) is 18.1. The Morgan fingerprint density at radius 3 is 2.28 bits per heavy atom. The van der Waals surface area contributed by atoms with E-state index < -0.39 is 17.9 Å². The second-order valence-electron chi connectivity index (χ2n) is 5.76. The topological polar surface area (TPSA) is 93.3 Å². The molecule has 3 aromatic rings. The highest BCUT2D eigenvalue weighted by Crippen LogP contribution is 2.20. The Hall–Kier alpha value is -3.35. The lowest BCUT2D eigenvalue weighted by Gasteiger charge is -2.15. The van der Waals surface area contributed by atoms with E-state index in [1.807, 2.05) is 0 Å². The van der Waals surface area contributed by atoms with Crippen molar-refractivity contribution in [2.24, 2.45) is 14.1 Å². The number of carbonyl (C=O) groups excluding carboxylic acids is 1. The number of carboxylic acid groups (broad SMARTS) is 1. The van der Waals surface area contributed by atoms with E-state index >= 15 is 0 Å². The quantitative estimate of drug-likeness (QED) is 0.752. The van der Waals surface area contributed by atoms with Crippen LogP contribution >= 0.6 is 0 Å². The van der Waals surface area contributed by atoms with Crippen LogP contribution in [0.1, 0.15) is 22.0 Å². The molecule has 7 heteroatoms. The summed E-state index contributed by atoms with van der Waals surface area (Å²) in [4.78, 5) is 36.0. The first-order valence-electron chi connectivity index (χ1n) is 7.64. The van der Waals surface area contributed by atoms with Crippen LogP contribution in [0.2, 0.25) is 0 Å². The average molecular weight is 339 g/mol. The molecule has 128 valence electrons. The summed E-state index contributed by atoms with van der Waals surface area (Å²) < 4.78 is 2.92. The molecule has 25 heavy (non-hydrogen) atoms. The van der Waals surface area contributed by atoms with E-state index in [4.69, 9.17) is 0 Å². The Balaban J connectivity index is 2.00. The van der Waals surface area contributed by atoms with Crippen LogP contribution in [0.25, 0.3) is 11.0 Å². The number of carboxylic acids is 1. The van der Waals surface area contributed by atoms with Crippen molar-refractivity contribution in [3.05, 3.63) is 70.1 Å². The predicted molar refractivity (Wildman–Crippen MR) is 92.4 cm³/mol. The van der Waals surface area contributed by atoms with E-state index in [1.54, 1.807) is 62.6 Å². The van der Waals surface area contributed by atoms with E-state index in [2.05, 4.69) is 5.32 Å². The highest BCUT2D eigenvalue weighted by molar-refractivity contribution is 5.97. The molecule has 1 heterocycles. The molecule has 0 unspecified atom stereocenters. The molecule has 0 aliphatic heterocycles. The molecule has 0 saturated carbocycles. The maximum Gasteiger partial charge on any atom is 0.330 e. The molecular weight excluding hydrogens is 322 g/mol. The largest absolute Gasteiger partial charge is 0.479 e. The van der Waals surface area contributed by atoms with Gasteiger partial charge < -0.3 is 10.4 Å². The van der Waals surface area contributed by atoms with Gasteiger partial charge in [-0.3, -0.25) is 13.9 Å². The summed E-state index contributed by atoms with van der Waals surface area (Å²) >= 11 is 0. The first-order chi connectivity index (χ1) is 11.9. The number of hydrogen-bond donors (Lipinski definition) is 2. The van der Waals surface area contributed by atoms with Crippen LogP contribution < -0.4 is 11.0 Å². The fourth-order valence-electron chi connectivity index (χ4n) is 2.79. The van der Waals surface area contributed by atoms with Crippen LogP contribution in [0.15, 0.2) is 53.3 Å². The fraction of sp³-hybridized carbons (Fsp3) is 0.167. The Morgan fingerprint density at radius 2 is 1.64 bits per heavy atom. The van der Waals surface area contributed by atoms with E-state index in [9.17, 15) is 19.5 Å². The van der Waals surface area contributed by atoms with E-state index in [0.717, 1.165) is 0 Å². The summed E-state index contributed by atoms with van der Waals surface area (Å²) in [7, 11) is 3.27. The predicted octanol–water partition coefficient (Wildman–Crippen LogP) is 1.43. The molecule has 7 nitrogen and oxygen atoms in total. The van der Waals surface area contributed by atoms with E-state index in [-0.39, 0.29) is 5.69 Å². The Morgan fingerprint density at radius 1 is 1.00 bits per heavy atom. The smallest absolute Gasteiger partial charge is 0.330 e. The van der Waals surface area contributed by atoms with Gasteiger partial charge in [-0.1, -0.05) is 24.3 Å². The highest BCUT2D eigenvalue weighted by Gasteiger charge is 2.23. The number of aryl methyl sites for hydroxylation is 2. The van der Waals surface area contributed by atoms with Crippen LogP contribution in [0.3, 0.4) is 0 Å². The summed E-state index contributed by atoms with van der Waals surface area (Å²) in [5, 5.41) is 12.1. The fourth-order valence-corrected chi connectivity index (χ4v) is 2.79. The van der Waals surface area contributed by atoms with Crippen molar-refractivity contribution < 1.29 is 14.7 Å². The number of carbonyl (C=O) groups is 2. The lowest BCUT2D eigenvalue weighted by molar-refractivity contribution is -0.139. The lowest BCUT2D eigenvalue weighted by Crippen LogP contribution is -2.33. The van der Waals surface area contributed by atoms with Gasteiger partial charge in [0.05, 0.1) is 11.0 Å². The molecule has 2 N–H and O–H groups in total. The van der Waals surface area contributed by atoms with E-state index in [1.165, 1.54) is 9.13 Å². The minimum absolute atomic E-state index is 0.202. The van der Waals surface area contributed by atoms with Crippen LogP contribution in [0.4, 0.5) is 0 Å². The zero-order valence-corrected chi connectivity index (χ0v) is 13.8. The molecule has 1 aromatic heterocycles. The van der Waals surface area contributed by atoms with Gasteiger partial charge in [0.2, 0.25) is 0 Å². The van der Waals surface area contributed by atoms with Gasteiger partial charge in [0, 0.05) is 19.7 Å². The summed E-state index contributed by atoms with van der Waals surface area (Å²) in [6.45, 7) is 0. The molecule has 0 spiro atoms. The van der Waals surface area contributed by atoms with Gasteiger partial charge in [-0.05, 0) is 29.8 Å². The molecule has 0 fully saturated rings. The van der Waals surface area contributed by atoms with E-state index in [0.29, 0.717) is 22.2 Å². The Kier molecular flexibility index (Phi) is 4.14. The molecule has 0 aliphatic rings. The molecule has 0 bridgehead atoms. The van der Waals surface area contributed by atoms with Crippen molar-refractivity contribution in [2.75, 3.05) is 0 Å². The van der Waals surface area contributed by atoms with Gasteiger partial charge in [0.1, 0.15) is 0 Å². The minimum atomic E-state index is -1.22. The molecular formula is C18H17N3O4. The third-order valence-corrected chi connectivity index (χ3v) is 4.19. The van der Waals surface area contributed by atoms with Gasteiger partial charge >= 0.3 is 11.7 Å². The number of benzene rings is 2. The second kappa shape index (κ2) is 6.27. The van der Waals surface area contributed by atoms with Crippen molar-refractivity contribution in [3.8, 4) is 0 Å². The summed E-state index contributed by atoms with van der Waals surface area (Å²) in [6.07, 6.45) is 0. The average Bonchev–Trinajstić information content (AvgIpc) is 2.84.